The van der Waals surface area contributed by atoms with Crippen molar-refractivity contribution in [3.63, 3.8) is 0 Å². The van der Waals surface area contributed by atoms with Gasteiger partial charge in [-0.05, 0) is 50.5 Å². The van der Waals surface area contributed by atoms with Crippen molar-refractivity contribution in [2.75, 3.05) is 18.8 Å². The summed E-state index contributed by atoms with van der Waals surface area (Å²) in [6.45, 7) is 9.45. The molecule has 2 aromatic rings. The average molecular weight is 398 g/mol. The SMILES string of the molecule is C=C/C(NC(=O)c1c(N)sc2cc(C)cnc12)=C(\C=C/C)N1CCC[C@H](N)C1. The van der Waals surface area contributed by atoms with Crippen LogP contribution in [0.4, 0.5) is 5.00 Å². The van der Waals surface area contributed by atoms with E-state index in [0.29, 0.717) is 21.8 Å². The van der Waals surface area contributed by atoms with Gasteiger partial charge in [-0.15, -0.1) is 11.3 Å². The molecule has 0 radical (unpaired) electrons. The predicted octanol–water partition coefficient (Wildman–Crippen LogP) is 3.31. The second-order valence-electron chi connectivity index (χ2n) is 7.01. The van der Waals surface area contributed by atoms with E-state index in [0.717, 1.165) is 41.9 Å². The minimum atomic E-state index is -0.279. The van der Waals surface area contributed by atoms with Gasteiger partial charge in [0.05, 0.1) is 21.6 Å². The number of rotatable bonds is 5. The number of anilines is 1. The maximum atomic E-state index is 13.1. The Labute approximate surface area is 169 Å². The molecule has 0 unspecified atom stereocenters. The van der Waals surface area contributed by atoms with E-state index in [1.807, 2.05) is 32.1 Å². The van der Waals surface area contributed by atoms with Crippen LogP contribution in [0.2, 0.25) is 0 Å². The highest BCUT2D eigenvalue weighted by atomic mass is 32.1. The van der Waals surface area contributed by atoms with Crippen LogP contribution in [0.25, 0.3) is 10.2 Å². The number of carbonyl (C=O) groups is 1. The Hall–Kier alpha value is -2.64. The van der Waals surface area contributed by atoms with E-state index in [4.69, 9.17) is 11.5 Å². The largest absolute Gasteiger partial charge is 0.390 e. The number of pyridine rings is 1. The molecule has 0 bridgehead atoms. The number of piperidine rings is 1. The molecule has 1 aliphatic heterocycles. The van der Waals surface area contributed by atoms with Gasteiger partial charge in [0.15, 0.2) is 0 Å². The minimum Gasteiger partial charge on any atom is -0.390 e. The van der Waals surface area contributed by atoms with Crippen molar-refractivity contribution in [3.8, 4) is 0 Å². The van der Waals surface area contributed by atoms with E-state index in [1.54, 1.807) is 12.3 Å². The smallest absolute Gasteiger partial charge is 0.260 e. The number of nitrogens with one attached hydrogen (secondary N) is 1. The topological polar surface area (TPSA) is 97.3 Å². The Balaban J connectivity index is 1.96. The monoisotopic (exact) mass is 397 g/mol. The second kappa shape index (κ2) is 8.58. The summed E-state index contributed by atoms with van der Waals surface area (Å²) in [5.41, 5.74) is 15.9. The van der Waals surface area contributed by atoms with Crippen LogP contribution < -0.4 is 16.8 Å². The number of hydrogen-bond donors (Lipinski definition) is 3. The molecule has 6 nitrogen and oxygen atoms in total. The number of nitrogens with two attached hydrogens (primary N) is 2. The Morgan fingerprint density at radius 1 is 1.50 bits per heavy atom. The van der Waals surface area contributed by atoms with Crippen LogP contribution >= 0.6 is 11.3 Å². The molecule has 5 N–H and O–H groups in total. The molecule has 3 rings (SSSR count). The number of aromatic nitrogens is 1. The van der Waals surface area contributed by atoms with Gasteiger partial charge >= 0.3 is 0 Å². The number of carbonyl (C=O) groups excluding carboxylic acids is 1. The summed E-state index contributed by atoms with van der Waals surface area (Å²) in [4.78, 5) is 19.7. The number of thiophene rings is 1. The van der Waals surface area contributed by atoms with Gasteiger partial charge < -0.3 is 21.7 Å². The van der Waals surface area contributed by atoms with Crippen LogP contribution in [-0.2, 0) is 0 Å². The Kier molecular flexibility index (Phi) is 6.16. The lowest BCUT2D eigenvalue weighted by atomic mass is 10.1. The van der Waals surface area contributed by atoms with Crippen LogP contribution in [0.15, 0.2) is 48.5 Å². The summed E-state index contributed by atoms with van der Waals surface area (Å²) >= 11 is 1.37. The summed E-state index contributed by atoms with van der Waals surface area (Å²) in [7, 11) is 0. The number of aryl methyl sites for hydroxylation is 1. The summed E-state index contributed by atoms with van der Waals surface area (Å²) in [5.74, 6) is -0.279. The number of hydrogen-bond acceptors (Lipinski definition) is 6. The summed E-state index contributed by atoms with van der Waals surface area (Å²) in [6.07, 6.45) is 9.37. The maximum absolute atomic E-state index is 13.1. The van der Waals surface area contributed by atoms with Crippen molar-refractivity contribution in [3.05, 3.63) is 59.6 Å². The van der Waals surface area contributed by atoms with Gasteiger partial charge in [0.2, 0.25) is 0 Å². The number of amides is 1. The lowest BCUT2D eigenvalue weighted by molar-refractivity contribution is 0.0968. The predicted molar refractivity (Wildman–Crippen MR) is 117 cm³/mol. The van der Waals surface area contributed by atoms with Gasteiger partial charge in [0, 0.05) is 25.3 Å². The standard InChI is InChI=1S/C21H27N5OS/c1-4-7-16(26-9-6-8-14(22)12-26)15(5-2)25-21(27)18-19-17(28-20(18)23)10-13(3)11-24-19/h4-5,7,10-11,14H,2,6,8-9,12,22-23H2,1,3H3,(H,25,27)/b7-4-,16-15-/t14-/m0/s1. The molecule has 1 atom stereocenters. The Bertz CT molecular complexity index is 959. The molecule has 28 heavy (non-hydrogen) atoms. The van der Waals surface area contributed by atoms with Crippen LogP contribution in [-0.4, -0.2) is 34.9 Å². The van der Waals surface area contributed by atoms with Crippen molar-refractivity contribution >= 4 is 32.5 Å². The molecule has 1 aliphatic rings. The molecule has 3 heterocycles. The fourth-order valence-electron chi connectivity index (χ4n) is 3.47. The third-order valence-corrected chi connectivity index (χ3v) is 5.73. The highest BCUT2D eigenvalue weighted by Crippen LogP contribution is 2.32. The van der Waals surface area contributed by atoms with Crippen LogP contribution in [0.3, 0.4) is 0 Å². The molecule has 1 fully saturated rings. The van der Waals surface area contributed by atoms with Crippen LogP contribution in [0.5, 0.6) is 0 Å². The van der Waals surface area contributed by atoms with E-state index in [2.05, 4.69) is 21.8 Å². The zero-order chi connectivity index (χ0) is 20.3. The summed E-state index contributed by atoms with van der Waals surface area (Å²) in [5, 5.41) is 3.45. The number of likely N-dealkylation sites (tertiary alicyclic amines) is 1. The second-order valence-corrected chi connectivity index (χ2v) is 8.09. The molecule has 148 valence electrons. The lowest BCUT2D eigenvalue weighted by Crippen LogP contribution is -2.43. The van der Waals surface area contributed by atoms with Gasteiger partial charge in [0.1, 0.15) is 10.6 Å². The molecule has 0 saturated carbocycles. The Morgan fingerprint density at radius 3 is 2.96 bits per heavy atom. The van der Waals surface area contributed by atoms with E-state index in [9.17, 15) is 4.79 Å². The van der Waals surface area contributed by atoms with E-state index >= 15 is 0 Å². The molecule has 1 saturated heterocycles. The lowest BCUT2D eigenvalue weighted by Gasteiger charge is -2.34. The third kappa shape index (κ3) is 4.10. The Morgan fingerprint density at radius 2 is 2.29 bits per heavy atom. The fraction of sp³-hybridized carbons (Fsp3) is 0.333. The van der Waals surface area contributed by atoms with Crippen molar-refractivity contribution in [2.45, 2.75) is 32.7 Å². The molecule has 0 aromatic carbocycles. The third-order valence-electron chi connectivity index (χ3n) is 4.77. The first-order valence-corrected chi connectivity index (χ1v) is 10.2. The van der Waals surface area contributed by atoms with Gasteiger partial charge in [-0.3, -0.25) is 9.78 Å². The highest BCUT2D eigenvalue weighted by Gasteiger charge is 2.23. The minimum absolute atomic E-state index is 0.125. The molecule has 0 spiro atoms. The molecule has 2 aromatic heterocycles. The number of nitrogens with zero attached hydrogens (tertiary/aromatic N) is 2. The normalized spacial score (nSPS) is 18.4. The first kappa shape index (κ1) is 20.1. The van der Waals surface area contributed by atoms with Crippen molar-refractivity contribution in [2.24, 2.45) is 5.73 Å². The van der Waals surface area contributed by atoms with Gasteiger partial charge in [-0.25, -0.2) is 0 Å². The zero-order valence-electron chi connectivity index (χ0n) is 16.4. The first-order valence-electron chi connectivity index (χ1n) is 9.40. The highest BCUT2D eigenvalue weighted by molar-refractivity contribution is 7.23. The fourth-order valence-corrected chi connectivity index (χ4v) is 4.49. The number of fused-ring (bicyclic) bond motifs is 1. The van der Waals surface area contributed by atoms with Crippen molar-refractivity contribution in [1.82, 2.24) is 15.2 Å². The van der Waals surface area contributed by atoms with Crippen LogP contribution in [0.1, 0.15) is 35.7 Å². The number of allylic oxidation sites excluding steroid dienone is 3. The van der Waals surface area contributed by atoms with Crippen molar-refractivity contribution < 1.29 is 4.79 Å². The molecule has 1 amide bonds. The van der Waals surface area contributed by atoms with Crippen molar-refractivity contribution in [1.29, 1.82) is 0 Å². The maximum Gasteiger partial charge on any atom is 0.260 e. The van der Waals surface area contributed by atoms with E-state index < -0.39 is 0 Å². The van der Waals surface area contributed by atoms with E-state index in [1.165, 1.54) is 11.3 Å². The quantitative estimate of drug-likeness (QED) is 0.673. The molecule has 0 aliphatic carbocycles. The summed E-state index contributed by atoms with van der Waals surface area (Å²) in [6, 6.07) is 2.12. The molecule has 7 heteroatoms. The van der Waals surface area contributed by atoms with Gasteiger partial charge in [-0.2, -0.15) is 0 Å². The van der Waals surface area contributed by atoms with E-state index in [-0.39, 0.29) is 11.9 Å². The number of nitrogen functional groups attached to an aromatic ring is 1. The summed E-state index contributed by atoms with van der Waals surface area (Å²) < 4.78 is 0.905. The first-order chi connectivity index (χ1) is 13.4. The average Bonchev–Trinajstić information content (AvgIpc) is 2.99. The van der Waals surface area contributed by atoms with Gasteiger partial charge in [0.25, 0.3) is 5.91 Å². The van der Waals surface area contributed by atoms with Crippen LogP contribution in [0, 0.1) is 6.92 Å². The molecular formula is C21H27N5OS. The molecular weight excluding hydrogens is 370 g/mol. The zero-order valence-corrected chi connectivity index (χ0v) is 17.2. The van der Waals surface area contributed by atoms with Gasteiger partial charge in [-0.1, -0.05) is 12.7 Å².